The van der Waals surface area contributed by atoms with Gasteiger partial charge in [-0.2, -0.15) is 0 Å². The molecule has 1 aromatic rings. The summed E-state index contributed by atoms with van der Waals surface area (Å²) < 4.78 is 5.78. The van der Waals surface area contributed by atoms with E-state index in [9.17, 15) is 0 Å². The summed E-state index contributed by atoms with van der Waals surface area (Å²) in [5.74, 6) is 0.461. The largest absolute Gasteiger partial charge is 0.387 e. The Labute approximate surface area is 180 Å². The third-order valence-corrected chi connectivity index (χ3v) is 6.47. The summed E-state index contributed by atoms with van der Waals surface area (Å²) in [4.78, 5) is 2.57. The number of allylic oxidation sites excluding steroid dienone is 3. The molecule has 3 aliphatic rings. The van der Waals surface area contributed by atoms with Crippen LogP contribution in [0.15, 0.2) is 47.2 Å². The van der Waals surface area contributed by atoms with Gasteiger partial charge in [-0.05, 0) is 88.1 Å². The number of dihydropyridines is 1. The number of amidine groups is 1. The monoisotopic (exact) mass is 406 g/mol. The van der Waals surface area contributed by atoms with E-state index in [1.54, 1.807) is 5.57 Å². The van der Waals surface area contributed by atoms with Crippen LogP contribution < -0.4 is 10.6 Å². The molecule has 1 aromatic carbocycles. The molecule has 0 spiro atoms. The quantitative estimate of drug-likeness (QED) is 0.495. The number of hydrogen-bond donors (Lipinski definition) is 3. The number of benzene rings is 1. The highest BCUT2D eigenvalue weighted by atomic mass is 16.5. The van der Waals surface area contributed by atoms with Gasteiger partial charge in [0, 0.05) is 35.6 Å². The van der Waals surface area contributed by atoms with Gasteiger partial charge < -0.3 is 20.3 Å². The average molecular weight is 407 g/mol. The number of rotatable bonds is 4. The summed E-state index contributed by atoms with van der Waals surface area (Å²) in [5.41, 5.74) is 8.64. The van der Waals surface area contributed by atoms with E-state index in [4.69, 9.17) is 10.1 Å². The zero-order chi connectivity index (χ0) is 21.3. The number of morpholine rings is 1. The van der Waals surface area contributed by atoms with E-state index in [1.807, 2.05) is 12.3 Å². The molecule has 3 N–H and O–H groups in total. The molecule has 2 fully saturated rings. The van der Waals surface area contributed by atoms with Crippen LogP contribution in [0.25, 0.3) is 5.70 Å². The van der Waals surface area contributed by atoms with Crippen LogP contribution in [0.3, 0.4) is 0 Å². The second kappa shape index (κ2) is 8.31. The molecule has 0 atom stereocenters. The third kappa shape index (κ3) is 4.04. The Kier molecular flexibility index (Phi) is 5.74. The molecule has 2 aliphatic heterocycles. The highest BCUT2D eigenvalue weighted by molar-refractivity contribution is 6.07. The molecule has 2 heterocycles. The van der Waals surface area contributed by atoms with Gasteiger partial charge in [-0.1, -0.05) is 6.07 Å². The lowest BCUT2D eigenvalue weighted by Crippen LogP contribution is -2.52. The predicted molar refractivity (Wildman–Crippen MR) is 125 cm³/mol. The Balaban J connectivity index is 1.62. The van der Waals surface area contributed by atoms with Crippen molar-refractivity contribution >= 4 is 17.2 Å². The smallest absolute Gasteiger partial charge is 0.127 e. The zero-order valence-electron chi connectivity index (χ0n) is 18.7. The maximum atomic E-state index is 8.50. The van der Waals surface area contributed by atoms with Crippen molar-refractivity contribution in [2.45, 2.75) is 52.5 Å². The van der Waals surface area contributed by atoms with E-state index < -0.39 is 0 Å². The molecular weight excluding hydrogens is 372 g/mol. The minimum absolute atomic E-state index is 0.00678. The van der Waals surface area contributed by atoms with E-state index in [0.29, 0.717) is 12.4 Å². The number of anilines is 1. The molecule has 0 unspecified atom stereocenters. The Morgan fingerprint density at radius 3 is 2.67 bits per heavy atom. The van der Waals surface area contributed by atoms with Gasteiger partial charge in [-0.3, -0.25) is 5.41 Å². The molecule has 30 heavy (non-hydrogen) atoms. The summed E-state index contributed by atoms with van der Waals surface area (Å²) in [6.07, 6.45) is 7.64. The van der Waals surface area contributed by atoms with Crippen LogP contribution in [0.4, 0.5) is 5.69 Å². The summed E-state index contributed by atoms with van der Waals surface area (Å²) in [7, 11) is 0. The first kappa shape index (κ1) is 20.7. The van der Waals surface area contributed by atoms with Crippen LogP contribution in [0, 0.1) is 12.3 Å². The Bertz CT molecular complexity index is 932. The standard InChI is InChI=1S/C25H34N4O/c1-17-10-11-27-15-22(17)24(26)28-20-8-9-21(18(2)14-20)23(19-6-5-7-19)29-12-13-30-16-25(29,3)4/h8-11,14,27H,5-7,12-13,15-16H2,1-4H3,(H2,26,28). The van der Waals surface area contributed by atoms with Crippen molar-refractivity contribution in [2.24, 2.45) is 0 Å². The number of ether oxygens (including phenoxy) is 1. The molecule has 5 nitrogen and oxygen atoms in total. The Hall–Kier alpha value is -2.53. The van der Waals surface area contributed by atoms with E-state index in [1.165, 1.54) is 36.1 Å². The normalized spacial score (nSPS) is 20.5. The Morgan fingerprint density at radius 1 is 1.23 bits per heavy atom. The van der Waals surface area contributed by atoms with Crippen molar-refractivity contribution in [3.8, 4) is 0 Å². The molecule has 0 radical (unpaired) electrons. The summed E-state index contributed by atoms with van der Waals surface area (Å²) in [6, 6.07) is 6.53. The maximum Gasteiger partial charge on any atom is 0.127 e. The number of aryl methyl sites for hydroxylation is 1. The highest BCUT2D eigenvalue weighted by Gasteiger charge is 2.35. The van der Waals surface area contributed by atoms with Crippen LogP contribution in [0.5, 0.6) is 0 Å². The molecule has 160 valence electrons. The molecule has 1 saturated heterocycles. The van der Waals surface area contributed by atoms with Gasteiger partial charge in [-0.15, -0.1) is 0 Å². The second-order valence-electron chi connectivity index (χ2n) is 9.23. The van der Waals surface area contributed by atoms with Crippen molar-refractivity contribution in [2.75, 3.05) is 31.6 Å². The van der Waals surface area contributed by atoms with Crippen LogP contribution in [0.2, 0.25) is 0 Å². The lowest BCUT2D eigenvalue weighted by molar-refractivity contribution is -0.0208. The maximum absolute atomic E-state index is 8.50. The fourth-order valence-corrected chi connectivity index (χ4v) is 4.49. The van der Waals surface area contributed by atoms with Gasteiger partial charge in [0.1, 0.15) is 5.84 Å². The fraction of sp³-hybridized carbons (Fsp3) is 0.480. The van der Waals surface area contributed by atoms with Gasteiger partial charge >= 0.3 is 0 Å². The zero-order valence-corrected chi connectivity index (χ0v) is 18.7. The SMILES string of the molecule is CC1=C(C(=N)Nc2ccc(C(=C3CCC3)N3CCOCC3(C)C)c(C)c2)CNC=C1. The Morgan fingerprint density at radius 2 is 2.03 bits per heavy atom. The fourth-order valence-electron chi connectivity index (χ4n) is 4.49. The molecule has 0 aromatic heterocycles. The highest BCUT2D eigenvalue weighted by Crippen LogP contribution is 2.40. The van der Waals surface area contributed by atoms with Crippen molar-refractivity contribution < 1.29 is 4.74 Å². The molecule has 5 heteroatoms. The minimum atomic E-state index is -0.00678. The lowest BCUT2D eigenvalue weighted by atomic mass is 9.85. The van der Waals surface area contributed by atoms with Crippen LogP contribution in [0.1, 0.15) is 51.2 Å². The first-order valence-corrected chi connectivity index (χ1v) is 11.0. The van der Waals surface area contributed by atoms with Gasteiger partial charge in [0.25, 0.3) is 0 Å². The van der Waals surface area contributed by atoms with Crippen molar-refractivity contribution in [3.63, 3.8) is 0 Å². The number of nitrogens with zero attached hydrogens (tertiary/aromatic N) is 1. The molecule has 1 saturated carbocycles. The third-order valence-electron chi connectivity index (χ3n) is 6.47. The first-order chi connectivity index (χ1) is 14.4. The van der Waals surface area contributed by atoms with Crippen LogP contribution >= 0.6 is 0 Å². The predicted octanol–water partition coefficient (Wildman–Crippen LogP) is 4.82. The average Bonchev–Trinajstić information content (AvgIpc) is 2.65. The number of hydrogen-bond acceptors (Lipinski definition) is 4. The molecule has 0 amide bonds. The molecule has 4 rings (SSSR count). The summed E-state index contributed by atoms with van der Waals surface area (Å²) in [5, 5.41) is 15.0. The van der Waals surface area contributed by atoms with Crippen molar-refractivity contribution in [1.82, 2.24) is 10.2 Å². The van der Waals surface area contributed by atoms with Gasteiger partial charge in [-0.25, -0.2) is 0 Å². The molecular formula is C25H34N4O. The van der Waals surface area contributed by atoms with E-state index in [0.717, 1.165) is 36.6 Å². The van der Waals surface area contributed by atoms with E-state index in [2.05, 4.69) is 61.4 Å². The van der Waals surface area contributed by atoms with Gasteiger partial charge in [0.05, 0.1) is 18.8 Å². The lowest BCUT2D eigenvalue weighted by Gasteiger charge is -2.47. The van der Waals surface area contributed by atoms with Gasteiger partial charge in [0.2, 0.25) is 0 Å². The first-order valence-electron chi connectivity index (χ1n) is 11.0. The minimum Gasteiger partial charge on any atom is -0.387 e. The van der Waals surface area contributed by atoms with Crippen molar-refractivity contribution in [1.29, 1.82) is 5.41 Å². The van der Waals surface area contributed by atoms with Gasteiger partial charge in [0.15, 0.2) is 0 Å². The summed E-state index contributed by atoms with van der Waals surface area (Å²) >= 11 is 0. The number of nitrogens with one attached hydrogen (secondary N) is 3. The topological polar surface area (TPSA) is 60.4 Å². The van der Waals surface area contributed by atoms with Crippen molar-refractivity contribution in [3.05, 3.63) is 58.3 Å². The summed E-state index contributed by atoms with van der Waals surface area (Å²) in [6.45, 7) is 12.0. The van der Waals surface area contributed by atoms with E-state index >= 15 is 0 Å². The molecule has 1 aliphatic carbocycles. The molecule has 0 bridgehead atoms. The van der Waals surface area contributed by atoms with Crippen LogP contribution in [-0.4, -0.2) is 42.6 Å². The van der Waals surface area contributed by atoms with Crippen LogP contribution in [-0.2, 0) is 4.74 Å². The van der Waals surface area contributed by atoms with E-state index in [-0.39, 0.29) is 5.54 Å². The second-order valence-corrected chi connectivity index (χ2v) is 9.23.